The SMILES string of the molecule is CCCCCCCCCCCCCCCCCC(=O)NC1CC[C@]2(C)[C@H]3C[C@H](O)[C@]4(C)[C@@H]([C@H](C)CCC)CC[C@H]4[C@@H]3[C@H](O)CC2(C(=O)OC)C1. The van der Waals surface area contributed by atoms with Crippen LogP contribution in [0.2, 0.25) is 0 Å². The number of fused-ring (bicyclic) bond motifs is 5. The molecule has 0 aromatic rings. The Balaban J connectivity index is 1.25. The zero-order valence-corrected chi connectivity index (χ0v) is 33.4. The standard InChI is InChI=1S/C44H79NO5/c1-7-9-10-11-12-13-14-15-16-17-18-19-20-21-22-24-39(48)45-33-27-28-42(4)36-29-38(47)43(5)34(32(3)23-8-2)25-26-35(43)40(36)37(46)31-44(42,30-33)41(49)50-6/h32-38,40,46-47H,7-31H2,1-6H3,(H,45,48)/t32-,33?,34-,35+,36+,37-,38+,40+,42-,43-,44?/m1/s1. The van der Waals surface area contributed by atoms with E-state index in [0.29, 0.717) is 37.5 Å². The fourth-order valence-electron chi connectivity index (χ4n) is 12.6. The van der Waals surface area contributed by atoms with Crippen LogP contribution in [0.3, 0.4) is 0 Å². The summed E-state index contributed by atoms with van der Waals surface area (Å²) in [5.74, 6) is 1.26. The zero-order chi connectivity index (χ0) is 36.4. The van der Waals surface area contributed by atoms with Crippen molar-refractivity contribution in [2.45, 2.75) is 213 Å². The van der Waals surface area contributed by atoms with Gasteiger partial charge < -0.3 is 20.3 Å². The number of aliphatic hydroxyl groups excluding tert-OH is 2. The van der Waals surface area contributed by atoms with Crippen molar-refractivity contribution in [1.82, 2.24) is 5.32 Å². The van der Waals surface area contributed by atoms with Crippen molar-refractivity contribution in [2.24, 2.45) is 45.8 Å². The van der Waals surface area contributed by atoms with E-state index in [0.717, 1.165) is 44.9 Å². The molecule has 0 saturated heterocycles. The number of esters is 1. The van der Waals surface area contributed by atoms with Gasteiger partial charge in [-0.3, -0.25) is 9.59 Å². The van der Waals surface area contributed by atoms with Gasteiger partial charge in [0.15, 0.2) is 0 Å². The fraction of sp³-hybridized carbons (Fsp3) is 0.955. The number of hydrogen-bond acceptors (Lipinski definition) is 5. The van der Waals surface area contributed by atoms with Crippen LogP contribution in [0.25, 0.3) is 0 Å². The predicted octanol–water partition coefficient (Wildman–Crippen LogP) is 10.3. The van der Waals surface area contributed by atoms with Crippen LogP contribution in [0.4, 0.5) is 0 Å². The molecule has 1 amide bonds. The van der Waals surface area contributed by atoms with Gasteiger partial charge in [-0.2, -0.15) is 0 Å². The maximum Gasteiger partial charge on any atom is 0.312 e. The van der Waals surface area contributed by atoms with Crippen molar-refractivity contribution in [1.29, 1.82) is 0 Å². The quantitative estimate of drug-likeness (QED) is 0.0818. The minimum absolute atomic E-state index is 0.0515. The first kappa shape index (κ1) is 41.6. The predicted molar refractivity (Wildman–Crippen MR) is 205 cm³/mol. The first-order valence-corrected chi connectivity index (χ1v) is 21.7. The third-order valence-corrected chi connectivity index (χ3v) is 15.4. The van der Waals surface area contributed by atoms with Gasteiger partial charge in [-0.1, -0.05) is 137 Å². The van der Waals surface area contributed by atoms with Crippen LogP contribution in [-0.4, -0.2) is 47.4 Å². The van der Waals surface area contributed by atoms with Gasteiger partial charge in [0.05, 0.1) is 24.7 Å². The molecule has 4 aliphatic carbocycles. The van der Waals surface area contributed by atoms with E-state index in [2.05, 4.69) is 39.9 Å². The van der Waals surface area contributed by atoms with Crippen LogP contribution in [0.5, 0.6) is 0 Å². The number of rotatable bonds is 21. The molecule has 6 nitrogen and oxygen atoms in total. The Labute approximate surface area is 307 Å². The molecular formula is C44H79NO5. The highest BCUT2D eigenvalue weighted by Crippen LogP contribution is 2.71. The molecule has 0 radical (unpaired) electrons. The highest BCUT2D eigenvalue weighted by molar-refractivity contribution is 5.79. The van der Waals surface area contributed by atoms with Crippen molar-refractivity contribution in [3.8, 4) is 0 Å². The number of methoxy groups -OCH3 is 1. The van der Waals surface area contributed by atoms with Crippen LogP contribution in [0.15, 0.2) is 0 Å². The molecule has 290 valence electrons. The summed E-state index contributed by atoms with van der Waals surface area (Å²) in [6.45, 7) is 11.4. The summed E-state index contributed by atoms with van der Waals surface area (Å²) in [4.78, 5) is 27.0. The molecule has 4 saturated carbocycles. The molecule has 3 N–H and O–H groups in total. The number of ether oxygens (including phenoxy) is 1. The Morgan fingerprint density at radius 2 is 1.36 bits per heavy atom. The largest absolute Gasteiger partial charge is 0.469 e. The summed E-state index contributed by atoms with van der Waals surface area (Å²) in [6, 6.07) is -0.0979. The van der Waals surface area contributed by atoms with Crippen molar-refractivity contribution in [3.63, 3.8) is 0 Å². The van der Waals surface area contributed by atoms with Crippen molar-refractivity contribution in [3.05, 3.63) is 0 Å². The molecule has 0 aromatic carbocycles. The van der Waals surface area contributed by atoms with E-state index in [-0.39, 0.29) is 41.1 Å². The van der Waals surface area contributed by atoms with Gasteiger partial charge >= 0.3 is 5.97 Å². The molecule has 2 unspecified atom stereocenters. The second-order valence-electron chi connectivity index (χ2n) is 18.3. The van der Waals surface area contributed by atoms with E-state index in [9.17, 15) is 19.8 Å². The van der Waals surface area contributed by atoms with Crippen molar-refractivity contribution in [2.75, 3.05) is 7.11 Å². The van der Waals surface area contributed by atoms with E-state index in [1.807, 2.05) is 0 Å². The Morgan fingerprint density at radius 1 is 0.780 bits per heavy atom. The lowest BCUT2D eigenvalue weighted by atomic mass is 9.38. The van der Waals surface area contributed by atoms with Crippen LogP contribution in [0.1, 0.15) is 195 Å². The van der Waals surface area contributed by atoms with E-state index < -0.39 is 23.0 Å². The zero-order valence-electron chi connectivity index (χ0n) is 33.4. The lowest BCUT2D eigenvalue weighted by Gasteiger charge is -2.66. The fourth-order valence-corrected chi connectivity index (χ4v) is 12.6. The molecule has 11 atom stereocenters. The third kappa shape index (κ3) is 8.96. The summed E-state index contributed by atoms with van der Waals surface area (Å²) in [7, 11) is 1.47. The number of amides is 1. The van der Waals surface area contributed by atoms with Gasteiger partial charge in [0, 0.05) is 12.5 Å². The summed E-state index contributed by atoms with van der Waals surface area (Å²) < 4.78 is 5.54. The molecule has 0 heterocycles. The molecular weight excluding hydrogens is 622 g/mol. The minimum Gasteiger partial charge on any atom is -0.469 e. The van der Waals surface area contributed by atoms with Crippen LogP contribution in [-0.2, 0) is 14.3 Å². The molecule has 0 spiro atoms. The number of unbranched alkanes of at least 4 members (excludes halogenated alkanes) is 14. The number of nitrogens with one attached hydrogen (secondary N) is 1. The number of aliphatic hydroxyl groups is 2. The molecule has 4 aliphatic rings. The van der Waals surface area contributed by atoms with E-state index in [1.54, 1.807) is 0 Å². The van der Waals surface area contributed by atoms with Gasteiger partial charge in [-0.15, -0.1) is 0 Å². The van der Waals surface area contributed by atoms with Gasteiger partial charge in [0.1, 0.15) is 0 Å². The van der Waals surface area contributed by atoms with Crippen LogP contribution in [0, 0.1) is 45.8 Å². The number of carbonyl (C=O) groups excluding carboxylic acids is 2. The second kappa shape index (κ2) is 19.3. The Hall–Kier alpha value is -1.14. The Morgan fingerprint density at radius 3 is 1.92 bits per heavy atom. The molecule has 0 bridgehead atoms. The molecule has 50 heavy (non-hydrogen) atoms. The average molecular weight is 702 g/mol. The normalized spacial score (nSPS) is 37.0. The third-order valence-electron chi connectivity index (χ3n) is 15.4. The smallest absolute Gasteiger partial charge is 0.312 e. The highest BCUT2D eigenvalue weighted by Gasteiger charge is 2.71. The Kier molecular flexibility index (Phi) is 16.0. The molecule has 0 aromatic heterocycles. The second-order valence-corrected chi connectivity index (χ2v) is 18.3. The van der Waals surface area contributed by atoms with Gasteiger partial charge in [0.25, 0.3) is 0 Å². The summed E-state index contributed by atoms with van der Waals surface area (Å²) in [5, 5.41) is 27.3. The van der Waals surface area contributed by atoms with E-state index in [4.69, 9.17) is 4.74 Å². The Bertz CT molecular complexity index is 1050. The van der Waals surface area contributed by atoms with Crippen LogP contribution >= 0.6 is 0 Å². The first-order chi connectivity index (χ1) is 24.0. The summed E-state index contributed by atoms with van der Waals surface area (Å²) >= 11 is 0. The van der Waals surface area contributed by atoms with E-state index in [1.165, 1.54) is 97.0 Å². The van der Waals surface area contributed by atoms with Crippen LogP contribution < -0.4 is 5.32 Å². The highest BCUT2D eigenvalue weighted by atomic mass is 16.5. The van der Waals surface area contributed by atoms with Gasteiger partial charge in [-0.05, 0) is 91.8 Å². The molecule has 0 aliphatic heterocycles. The van der Waals surface area contributed by atoms with Crippen molar-refractivity contribution < 1.29 is 24.5 Å². The average Bonchev–Trinajstić information content (AvgIpc) is 3.45. The molecule has 4 fully saturated rings. The monoisotopic (exact) mass is 702 g/mol. The van der Waals surface area contributed by atoms with Gasteiger partial charge in [0.2, 0.25) is 5.91 Å². The molecule has 4 rings (SSSR count). The maximum absolute atomic E-state index is 13.9. The number of hydrogen-bond donors (Lipinski definition) is 3. The molecule has 6 heteroatoms. The number of carbonyl (C=O) groups is 2. The van der Waals surface area contributed by atoms with Crippen molar-refractivity contribution >= 4 is 11.9 Å². The summed E-state index contributed by atoms with van der Waals surface area (Å²) in [5.41, 5.74) is -1.46. The lowest BCUT2D eigenvalue weighted by molar-refractivity contribution is -0.238. The van der Waals surface area contributed by atoms with E-state index >= 15 is 0 Å². The van der Waals surface area contributed by atoms with Gasteiger partial charge in [-0.25, -0.2) is 0 Å². The minimum atomic E-state index is -0.867. The summed E-state index contributed by atoms with van der Waals surface area (Å²) in [6.07, 6.45) is 26.7. The first-order valence-electron chi connectivity index (χ1n) is 21.7. The lowest BCUT2D eigenvalue weighted by Crippen LogP contribution is -2.68. The topological polar surface area (TPSA) is 95.9 Å². The maximum atomic E-state index is 13.9.